The Morgan fingerprint density at radius 1 is 1.27 bits per heavy atom. The van der Waals surface area contributed by atoms with Crippen LogP contribution in [0.3, 0.4) is 0 Å². The number of nitrogens with one attached hydrogen (secondary N) is 1. The monoisotopic (exact) mass is 486 g/mol. The maximum Gasteiger partial charge on any atom is 0.264 e. The van der Waals surface area contributed by atoms with Crippen LogP contribution in [0.5, 0.6) is 17.2 Å². The third-order valence-electron chi connectivity index (χ3n) is 4.08. The Labute approximate surface area is 183 Å². The molecule has 2 heterocycles. The van der Waals surface area contributed by atoms with E-state index >= 15 is 0 Å². The minimum Gasteiger partial charge on any atom is -0.484 e. The average Bonchev–Trinajstić information content (AvgIpc) is 3.23. The van der Waals surface area contributed by atoms with E-state index in [0.29, 0.717) is 33.4 Å². The van der Waals surface area contributed by atoms with Crippen LogP contribution in [0.2, 0.25) is 0 Å². The van der Waals surface area contributed by atoms with E-state index < -0.39 is 0 Å². The molecular formula is C21H15BrN2O5S. The van der Waals surface area contributed by atoms with E-state index in [-0.39, 0.29) is 23.7 Å². The van der Waals surface area contributed by atoms with Crippen molar-refractivity contribution in [3.8, 4) is 17.2 Å². The normalized spacial score (nSPS) is 10.7. The SMILES string of the molecule is Cc1oc2cc(OCC(=O)Nc3nccs3)ccc2c(=O)c1Oc1ccccc1Br. The van der Waals surface area contributed by atoms with E-state index in [1.54, 1.807) is 42.8 Å². The van der Waals surface area contributed by atoms with Crippen LogP contribution >= 0.6 is 27.3 Å². The van der Waals surface area contributed by atoms with Gasteiger partial charge in [0.25, 0.3) is 5.91 Å². The number of aryl methyl sites for hydroxylation is 1. The molecule has 1 N–H and O–H groups in total. The summed E-state index contributed by atoms with van der Waals surface area (Å²) in [5.41, 5.74) is 0.0485. The van der Waals surface area contributed by atoms with Crippen LogP contribution in [0, 0.1) is 6.92 Å². The Morgan fingerprint density at radius 3 is 2.87 bits per heavy atom. The van der Waals surface area contributed by atoms with Crippen molar-refractivity contribution in [1.82, 2.24) is 4.98 Å². The van der Waals surface area contributed by atoms with Crippen LogP contribution in [-0.4, -0.2) is 17.5 Å². The molecule has 0 saturated carbocycles. The van der Waals surface area contributed by atoms with E-state index in [1.165, 1.54) is 11.3 Å². The zero-order valence-electron chi connectivity index (χ0n) is 15.7. The maximum absolute atomic E-state index is 12.9. The zero-order chi connectivity index (χ0) is 21.1. The number of halogens is 1. The molecule has 2 aromatic heterocycles. The van der Waals surface area contributed by atoms with E-state index in [0.717, 1.165) is 4.47 Å². The molecule has 0 spiro atoms. The van der Waals surface area contributed by atoms with E-state index in [9.17, 15) is 9.59 Å². The average molecular weight is 487 g/mol. The lowest BCUT2D eigenvalue weighted by Gasteiger charge is -2.11. The smallest absolute Gasteiger partial charge is 0.264 e. The number of hydrogen-bond donors (Lipinski definition) is 1. The Balaban J connectivity index is 1.54. The minimum absolute atomic E-state index is 0.117. The van der Waals surface area contributed by atoms with Crippen molar-refractivity contribution in [2.75, 3.05) is 11.9 Å². The number of fused-ring (bicyclic) bond motifs is 1. The predicted molar refractivity (Wildman–Crippen MR) is 118 cm³/mol. The Bertz CT molecular complexity index is 1270. The summed E-state index contributed by atoms with van der Waals surface area (Å²) in [7, 11) is 0. The summed E-state index contributed by atoms with van der Waals surface area (Å²) in [6.07, 6.45) is 1.60. The quantitative estimate of drug-likeness (QED) is 0.406. The molecule has 9 heteroatoms. The molecule has 0 aliphatic rings. The van der Waals surface area contributed by atoms with Gasteiger partial charge in [0.05, 0.1) is 9.86 Å². The minimum atomic E-state index is -0.333. The second-order valence-corrected chi connectivity index (χ2v) is 7.93. The molecule has 7 nitrogen and oxygen atoms in total. The highest BCUT2D eigenvalue weighted by Gasteiger charge is 2.16. The fourth-order valence-electron chi connectivity index (χ4n) is 2.70. The van der Waals surface area contributed by atoms with Crippen molar-refractivity contribution in [1.29, 1.82) is 0 Å². The van der Waals surface area contributed by atoms with E-state index in [4.69, 9.17) is 13.9 Å². The molecule has 30 heavy (non-hydrogen) atoms. The molecule has 0 bridgehead atoms. The van der Waals surface area contributed by atoms with Crippen LogP contribution in [0.1, 0.15) is 5.76 Å². The van der Waals surface area contributed by atoms with Gasteiger partial charge in [-0.1, -0.05) is 12.1 Å². The fraction of sp³-hybridized carbons (Fsp3) is 0.0952. The Hall–Kier alpha value is -3.17. The van der Waals surface area contributed by atoms with Crippen LogP contribution in [0.15, 0.2) is 67.7 Å². The number of carbonyl (C=O) groups is 1. The molecule has 0 unspecified atom stereocenters. The predicted octanol–water partition coefficient (Wildman–Crippen LogP) is 5.13. The van der Waals surface area contributed by atoms with Crippen molar-refractivity contribution in [2.45, 2.75) is 6.92 Å². The van der Waals surface area contributed by atoms with Crippen molar-refractivity contribution < 1.29 is 18.7 Å². The zero-order valence-corrected chi connectivity index (χ0v) is 18.1. The van der Waals surface area contributed by atoms with Crippen molar-refractivity contribution in [2.24, 2.45) is 0 Å². The van der Waals surface area contributed by atoms with Crippen molar-refractivity contribution >= 4 is 49.3 Å². The van der Waals surface area contributed by atoms with Crippen molar-refractivity contribution in [3.63, 3.8) is 0 Å². The number of ether oxygens (including phenoxy) is 2. The molecular weight excluding hydrogens is 472 g/mol. The van der Waals surface area contributed by atoms with Gasteiger partial charge in [-0.25, -0.2) is 4.98 Å². The molecule has 4 aromatic rings. The summed E-state index contributed by atoms with van der Waals surface area (Å²) in [5, 5.41) is 5.25. The lowest BCUT2D eigenvalue weighted by molar-refractivity contribution is -0.118. The molecule has 2 aromatic carbocycles. The number of aromatic nitrogens is 1. The summed E-state index contributed by atoms with van der Waals surface area (Å²) >= 11 is 4.72. The maximum atomic E-state index is 12.9. The topological polar surface area (TPSA) is 90.7 Å². The second-order valence-electron chi connectivity index (χ2n) is 6.18. The number of rotatable bonds is 6. The van der Waals surface area contributed by atoms with Gasteiger partial charge in [0.15, 0.2) is 11.7 Å². The van der Waals surface area contributed by atoms with Gasteiger partial charge in [-0.15, -0.1) is 11.3 Å². The largest absolute Gasteiger partial charge is 0.484 e. The lowest BCUT2D eigenvalue weighted by atomic mass is 10.2. The molecule has 0 fully saturated rings. The van der Waals surface area contributed by atoms with Crippen LogP contribution in [0.4, 0.5) is 5.13 Å². The third-order valence-corrected chi connectivity index (χ3v) is 5.43. The Morgan fingerprint density at radius 2 is 2.10 bits per heavy atom. The van der Waals surface area contributed by atoms with Gasteiger partial charge >= 0.3 is 0 Å². The highest BCUT2D eigenvalue weighted by atomic mass is 79.9. The summed E-state index contributed by atoms with van der Waals surface area (Å²) in [6.45, 7) is 1.46. The number of para-hydroxylation sites is 1. The van der Waals surface area contributed by atoms with Crippen LogP contribution in [0.25, 0.3) is 11.0 Å². The molecule has 4 rings (SSSR count). The summed E-state index contributed by atoms with van der Waals surface area (Å²) in [5.74, 6) is 1.03. The summed E-state index contributed by atoms with van der Waals surface area (Å²) in [6, 6.07) is 12.0. The number of thiazole rings is 1. The second kappa shape index (κ2) is 8.68. The summed E-state index contributed by atoms with van der Waals surface area (Å²) < 4.78 is 17.8. The number of hydrogen-bond acceptors (Lipinski definition) is 7. The first-order valence-electron chi connectivity index (χ1n) is 8.83. The van der Waals surface area contributed by atoms with Gasteiger partial charge in [-0.2, -0.15) is 0 Å². The van der Waals surface area contributed by atoms with Crippen LogP contribution in [-0.2, 0) is 4.79 Å². The standard InChI is InChI=1S/C21H15BrN2O5S/c1-12-20(29-16-5-3-2-4-15(16)22)19(26)14-7-6-13(10-17(14)28-12)27-11-18(25)24-21-23-8-9-30-21/h2-10H,11H2,1H3,(H,23,24,25). The van der Waals surface area contributed by atoms with Crippen molar-refractivity contribution in [3.05, 3.63) is 74.5 Å². The molecule has 152 valence electrons. The fourth-order valence-corrected chi connectivity index (χ4v) is 3.61. The third kappa shape index (κ3) is 4.37. The molecule has 1 amide bonds. The Kier molecular flexibility index (Phi) is 5.82. The van der Waals surface area contributed by atoms with Gasteiger partial charge in [0.1, 0.15) is 22.8 Å². The molecule has 0 aliphatic carbocycles. The molecule has 0 atom stereocenters. The van der Waals surface area contributed by atoms with Gasteiger partial charge in [0.2, 0.25) is 11.2 Å². The van der Waals surface area contributed by atoms with Gasteiger partial charge < -0.3 is 13.9 Å². The highest BCUT2D eigenvalue weighted by molar-refractivity contribution is 9.10. The molecule has 0 aliphatic heterocycles. The van der Waals surface area contributed by atoms with Gasteiger partial charge in [-0.05, 0) is 47.1 Å². The molecule has 0 radical (unpaired) electrons. The first-order valence-corrected chi connectivity index (χ1v) is 10.5. The number of anilines is 1. The first-order chi connectivity index (χ1) is 14.5. The number of amides is 1. The number of benzene rings is 2. The first kappa shape index (κ1) is 20.1. The van der Waals surface area contributed by atoms with Crippen LogP contribution < -0.4 is 20.2 Å². The van der Waals surface area contributed by atoms with E-state index in [1.807, 2.05) is 18.2 Å². The lowest BCUT2D eigenvalue weighted by Crippen LogP contribution is -2.20. The number of nitrogens with zero attached hydrogens (tertiary/aromatic N) is 1. The van der Waals surface area contributed by atoms with Gasteiger partial charge in [0, 0.05) is 17.6 Å². The van der Waals surface area contributed by atoms with Gasteiger partial charge in [-0.3, -0.25) is 14.9 Å². The summed E-state index contributed by atoms with van der Waals surface area (Å²) in [4.78, 5) is 28.8. The number of carbonyl (C=O) groups excluding carboxylic acids is 1. The van der Waals surface area contributed by atoms with E-state index in [2.05, 4.69) is 26.2 Å². The molecule has 0 saturated heterocycles. The highest BCUT2D eigenvalue weighted by Crippen LogP contribution is 2.31.